The van der Waals surface area contributed by atoms with E-state index in [0.717, 1.165) is 48.3 Å². The fourth-order valence-electron chi connectivity index (χ4n) is 5.35. The van der Waals surface area contributed by atoms with Gasteiger partial charge in [-0.1, -0.05) is 28.1 Å². The predicted molar refractivity (Wildman–Crippen MR) is 135 cm³/mol. The largest absolute Gasteiger partial charge is 0.493 e. The lowest BCUT2D eigenvalue weighted by Crippen LogP contribution is -2.47. The van der Waals surface area contributed by atoms with Crippen molar-refractivity contribution < 1.29 is 37.3 Å². The number of carboxylic acids is 1. The average molecular weight is 587 g/mol. The number of carboxylic acid groups (broad SMARTS) is 1. The van der Waals surface area contributed by atoms with Crippen LogP contribution in [0.5, 0.6) is 11.5 Å². The molecule has 37 heavy (non-hydrogen) atoms. The average Bonchev–Trinajstić information content (AvgIpc) is 3.19. The molecule has 4 rings (SSSR count). The van der Waals surface area contributed by atoms with Gasteiger partial charge in [-0.25, -0.2) is 4.79 Å². The van der Waals surface area contributed by atoms with Crippen molar-refractivity contribution in [3.63, 3.8) is 0 Å². The van der Waals surface area contributed by atoms with E-state index in [1.807, 2.05) is 30.3 Å². The lowest BCUT2D eigenvalue weighted by molar-refractivity contribution is -0.192. The Bertz CT molecular complexity index is 1130. The molecule has 1 saturated carbocycles. The first-order chi connectivity index (χ1) is 17.4. The SMILES string of the molecule is COc1ccc([C@@]23CC[C@@H](NC(=O)c4cccc(Br)c4)C[C@@H]2CN(C)C3)cc1OC.O=C(O)C(F)(F)F. The van der Waals surface area contributed by atoms with Crippen LogP contribution in [0.2, 0.25) is 0 Å². The summed E-state index contributed by atoms with van der Waals surface area (Å²) in [6.07, 6.45) is -2.09. The second kappa shape index (κ2) is 11.7. The smallest absolute Gasteiger partial charge is 0.490 e. The van der Waals surface area contributed by atoms with Crippen molar-refractivity contribution >= 4 is 27.8 Å². The van der Waals surface area contributed by atoms with E-state index in [9.17, 15) is 18.0 Å². The third-order valence-corrected chi connectivity index (χ3v) is 7.49. The molecule has 1 aliphatic carbocycles. The Morgan fingerprint density at radius 1 is 1.14 bits per heavy atom. The van der Waals surface area contributed by atoms with Crippen LogP contribution in [0.4, 0.5) is 13.2 Å². The number of hydrogen-bond donors (Lipinski definition) is 2. The van der Waals surface area contributed by atoms with Crippen LogP contribution in [0, 0.1) is 5.92 Å². The molecular formula is C26H30BrF3N2O5. The lowest BCUT2D eigenvalue weighted by Gasteiger charge is -2.43. The molecule has 2 N–H and O–H groups in total. The summed E-state index contributed by atoms with van der Waals surface area (Å²) in [6.45, 7) is 2.07. The molecule has 3 atom stereocenters. The Morgan fingerprint density at radius 2 is 1.81 bits per heavy atom. The van der Waals surface area contributed by atoms with Gasteiger partial charge in [-0.15, -0.1) is 0 Å². The summed E-state index contributed by atoms with van der Waals surface area (Å²) in [6, 6.07) is 14.1. The lowest BCUT2D eigenvalue weighted by atomic mass is 9.63. The fraction of sp³-hybridized carbons (Fsp3) is 0.462. The highest BCUT2D eigenvalue weighted by Gasteiger charge is 2.50. The molecule has 0 bridgehead atoms. The fourth-order valence-corrected chi connectivity index (χ4v) is 5.75. The zero-order valence-electron chi connectivity index (χ0n) is 20.8. The molecule has 1 amide bonds. The minimum atomic E-state index is -5.08. The van der Waals surface area contributed by atoms with Gasteiger partial charge in [0.1, 0.15) is 0 Å². The van der Waals surface area contributed by atoms with Crippen LogP contribution in [-0.2, 0) is 10.2 Å². The summed E-state index contributed by atoms with van der Waals surface area (Å²) < 4.78 is 43.7. The minimum absolute atomic E-state index is 0.00580. The molecule has 0 unspecified atom stereocenters. The maximum absolute atomic E-state index is 12.8. The number of likely N-dealkylation sites (tertiary alicyclic amines) is 1. The highest BCUT2D eigenvalue weighted by atomic mass is 79.9. The monoisotopic (exact) mass is 586 g/mol. The molecule has 0 spiro atoms. The van der Waals surface area contributed by atoms with E-state index < -0.39 is 12.1 Å². The van der Waals surface area contributed by atoms with E-state index >= 15 is 0 Å². The number of nitrogens with one attached hydrogen (secondary N) is 1. The van der Waals surface area contributed by atoms with Crippen LogP contribution in [0.1, 0.15) is 35.2 Å². The van der Waals surface area contributed by atoms with Gasteiger partial charge in [0.25, 0.3) is 5.91 Å². The number of carbonyl (C=O) groups excluding carboxylic acids is 1. The van der Waals surface area contributed by atoms with E-state index in [1.54, 1.807) is 14.2 Å². The molecule has 202 valence electrons. The van der Waals surface area contributed by atoms with Gasteiger partial charge in [-0.3, -0.25) is 4.79 Å². The number of fused-ring (bicyclic) bond motifs is 1. The summed E-state index contributed by atoms with van der Waals surface area (Å²) in [5.41, 5.74) is 2.10. The number of amides is 1. The van der Waals surface area contributed by atoms with Crippen molar-refractivity contribution in [2.24, 2.45) is 5.92 Å². The number of aliphatic carboxylic acids is 1. The molecule has 1 aliphatic heterocycles. The number of alkyl halides is 3. The van der Waals surface area contributed by atoms with Gasteiger partial charge < -0.3 is 24.8 Å². The summed E-state index contributed by atoms with van der Waals surface area (Å²) in [5, 5.41) is 10.4. The molecule has 2 aliphatic rings. The maximum atomic E-state index is 12.8. The van der Waals surface area contributed by atoms with Gasteiger partial charge in [-0.2, -0.15) is 13.2 Å². The first kappa shape index (κ1) is 28.8. The Labute approximate surface area is 222 Å². The third kappa shape index (κ3) is 6.75. The highest BCUT2D eigenvalue weighted by molar-refractivity contribution is 9.10. The number of likely N-dealkylation sites (N-methyl/N-ethyl adjacent to an activating group) is 1. The summed E-state index contributed by atoms with van der Waals surface area (Å²) in [4.78, 5) is 24.1. The molecule has 1 saturated heterocycles. The first-order valence-electron chi connectivity index (χ1n) is 11.7. The quantitative estimate of drug-likeness (QED) is 0.519. The van der Waals surface area contributed by atoms with Crippen molar-refractivity contribution in [2.75, 3.05) is 34.4 Å². The highest BCUT2D eigenvalue weighted by Crippen LogP contribution is 2.49. The Balaban J connectivity index is 0.000000479. The second-order valence-corrected chi connectivity index (χ2v) is 10.3. The van der Waals surface area contributed by atoms with E-state index in [4.69, 9.17) is 19.4 Å². The number of nitrogens with zero attached hydrogens (tertiary/aromatic N) is 1. The normalized spacial score (nSPS) is 23.3. The van der Waals surface area contributed by atoms with Crippen LogP contribution in [-0.4, -0.2) is 68.5 Å². The zero-order valence-corrected chi connectivity index (χ0v) is 22.4. The second-order valence-electron chi connectivity index (χ2n) is 9.38. The minimum Gasteiger partial charge on any atom is -0.493 e. The van der Waals surface area contributed by atoms with Crippen molar-refractivity contribution in [1.29, 1.82) is 0 Å². The predicted octanol–water partition coefficient (Wildman–Crippen LogP) is 4.88. The number of carbonyl (C=O) groups is 2. The number of ether oxygens (including phenoxy) is 2. The summed E-state index contributed by atoms with van der Waals surface area (Å²) in [5.74, 6) is -0.723. The number of rotatable bonds is 5. The molecule has 2 aromatic rings. The van der Waals surface area contributed by atoms with Crippen LogP contribution in [0.15, 0.2) is 46.9 Å². The molecule has 7 nitrogen and oxygen atoms in total. The topological polar surface area (TPSA) is 88.1 Å². The molecule has 0 radical (unpaired) electrons. The number of benzene rings is 2. The zero-order chi connectivity index (χ0) is 27.4. The molecule has 0 aromatic heterocycles. The number of methoxy groups -OCH3 is 2. The van der Waals surface area contributed by atoms with Crippen LogP contribution < -0.4 is 14.8 Å². The van der Waals surface area contributed by atoms with Crippen LogP contribution in [0.3, 0.4) is 0 Å². The van der Waals surface area contributed by atoms with Gasteiger partial charge in [0.2, 0.25) is 0 Å². The Kier molecular flexibility index (Phi) is 9.12. The maximum Gasteiger partial charge on any atom is 0.490 e. The Morgan fingerprint density at radius 3 is 2.41 bits per heavy atom. The molecular weight excluding hydrogens is 557 g/mol. The number of halogens is 4. The van der Waals surface area contributed by atoms with Crippen LogP contribution >= 0.6 is 15.9 Å². The van der Waals surface area contributed by atoms with E-state index in [0.29, 0.717) is 11.5 Å². The number of hydrogen-bond acceptors (Lipinski definition) is 5. The van der Waals surface area contributed by atoms with Gasteiger partial charge in [0, 0.05) is 34.6 Å². The van der Waals surface area contributed by atoms with Crippen molar-refractivity contribution in [2.45, 2.75) is 36.9 Å². The van der Waals surface area contributed by atoms with Gasteiger partial charge in [0.05, 0.1) is 14.2 Å². The molecule has 11 heteroatoms. The standard InChI is InChI=1S/C24H29BrN2O3.C2HF3O2/c1-27-14-18-12-20(26-23(28)16-5-4-6-19(25)11-16)9-10-24(18,15-27)17-7-8-21(29-2)22(13-17)30-3;3-2(4,5)1(6)7/h4-8,11,13,18,20H,9-10,12,14-15H2,1-3H3,(H,26,28);(H,6,7)/t18-,20-,24+;/m1./s1. The molecule has 1 heterocycles. The van der Waals surface area contributed by atoms with Crippen molar-refractivity contribution in [3.8, 4) is 11.5 Å². The third-order valence-electron chi connectivity index (χ3n) is 7.00. The first-order valence-corrected chi connectivity index (χ1v) is 12.5. The van der Waals surface area contributed by atoms with Gasteiger partial charge >= 0.3 is 12.1 Å². The van der Waals surface area contributed by atoms with E-state index in [2.05, 4.69) is 45.3 Å². The van der Waals surface area contributed by atoms with E-state index in [-0.39, 0.29) is 17.4 Å². The van der Waals surface area contributed by atoms with Gasteiger partial charge in [-0.05, 0) is 68.1 Å². The summed E-state index contributed by atoms with van der Waals surface area (Å²) >= 11 is 3.45. The van der Waals surface area contributed by atoms with Crippen LogP contribution in [0.25, 0.3) is 0 Å². The van der Waals surface area contributed by atoms with E-state index in [1.165, 1.54) is 5.56 Å². The Hall–Kier alpha value is -2.79. The van der Waals surface area contributed by atoms with Crippen molar-refractivity contribution in [1.82, 2.24) is 10.2 Å². The van der Waals surface area contributed by atoms with Crippen molar-refractivity contribution in [3.05, 3.63) is 58.1 Å². The summed E-state index contributed by atoms with van der Waals surface area (Å²) in [7, 11) is 5.54. The molecule has 2 fully saturated rings. The molecule has 2 aromatic carbocycles. The van der Waals surface area contributed by atoms with Gasteiger partial charge in [0.15, 0.2) is 11.5 Å².